The monoisotopic (exact) mass is 312 g/mol. The molecule has 1 unspecified atom stereocenters. The summed E-state index contributed by atoms with van der Waals surface area (Å²) < 4.78 is 10.4. The van der Waals surface area contributed by atoms with Crippen molar-refractivity contribution in [1.82, 2.24) is 0 Å². The lowest BCUT2D eigenvalue weighted by atomic mass is 10.0. The zero-order valence-electron chi connectivity index (χ0n) is 11.1. The second-order valence-electron chi connectivity index (χ2n) is 4.18. The minimum Gasteiger partial charge on any atom is -0.497 e. The van der Waals surface area contributed by atoms with E-state index in [1.165, 1.54) is 0 Å². The Morgan fingerprint density at radius 2 is 1.70 bits per heavy atom. The summed E-state index contributed by atoms with van der Waals surface area (Å²) in [5, 5.41) is 11.3. The lowest BCUT2D eigenvalue weighted by Crippen LogP contribution is -2.03. The van der Waals surface area contributed by atoms with E-state index in [0.29, 0.717) is 32.7 Å². The molecule has 5 heteroatoms. The highest BCUT2D eigenvalue weighted by Gasteiger charge is 2.17. The second-order valence-corrected chi connectivity index (χ2v) is 5.00. The number of ether oxygens (including phenoxy) is 2. The summed E-state index contributed by atoms with van der Waals surface area (Å²) >= 11 is 11.9. The van der Waals surface area contributed by atoms with Crippen LogP contribution in [-0.4, -0.2) is 19.3 Å². The van der Waals surface area contributed by atoms with Crippen LogP contribution in [0.25, 0.3) is 0 Å². The van der Waals surface area contributed by atoms with E-state index in [9.17, 15) is 5.11 Å². The van der Waals surface area contributed by atoms with E-state index in [2.05, 4.69) is 0 Å². The number of halogens is 2. The van der Waals surface area contributed by atoms with Gasteiger partial charge in [-0.3, -0.25) is 0 Å². The fourth-order valence-electron chi connectivity index (χ4n) is 1.92. The van der Waals surface area contributed by atoms with Gasteiger partial charge in [0.1, 0.15) is 17.6 Å². The molecule has 1 atom stereocenters. The molecule has 0 aliphatic rings. The van der Waals surface area contributed by atoms with E-state index in [4.69, 9.17) is 32.7 Å². The van der Waals surface area contributed by atoms with Crippen molar-refractivity contribution in [2.75, 3.05) is 14.2 Å². The second kappa shape index (κ2) is 6.35. The van der Waals surface area contributed by atoms with Crippen LogP contribution in [0.1, 0.15) is 17.2 Å². The first-order valence-corrected chi connectivity index (χ1v) is 6.67. The first kappa shape index (κ1) is 15.0. The topological polar surface area (TPSA) is 38.7 Å². The smallest absolute Gasteiger partial charge is 0.125 e. The highest BCUT2D eigenvalue weighted by molar-refractivity contribution is 6.42. The SMILES string of the molecule is COc1ccc(OC)c(C(O)c2ccc(Cl)c(Cl)c2)c1. The molecule has 20 heavy (non-hydrogen) atoms. The molecule has 1 N–H and O–H groups in total. The van der Waals surface area contributed by atoms with Gasteiger partial charge in [-0.25, -0.2) is 0 Å². The molecular weight excluding hydrogens is 299 g/mol. The van der Waals surface area contributed by atoms with E-state index in [0.717, 1.165) is 0 Å². The molecule has 0 bridgehead atoms. The molecular formula is C15H14Cl2O3. The normalized spacial score (nSPS) is 12.1. The van der Waals surface area contributed by atoms with Gasteiger partial charge in [-0.05, 0) is 35.9 Å². The first-order chi connectivity index (χ1) is 9.56. The highest BCUT2D eigenvalue weighted by atomic mass is 35.5. The van der Waals surface area contributed by atoms with Crippen LogP contribution >= 0.6 is 23.2 Å². The molecule has 106 valence electrons. The summed E-state index contributed by atoms with van der Waals surface area (Å²) in [7, 11) is 3.12. The van der Waals surface area contributed by atoms with Gasteiger partial charge in [0, 0.05) is 5.56 Å². The minimum absolute atomic E-state index is 0.394. The van der Waals surface area contributed by atoms with E-state index >= 15 is 0 Å². The predicted octanol–water partition coefficient (Wildman–Crippen LogP) is 4.09. The third kappa shape index (κ3) is 3.01. The Hall–Kier alpha value is -1.42. The van der Waals surface area contributed by atoms with Crippen LogP contribution in [0.3, 0.4) is 0 Å². The maximum Gasteiger partial charge on any atom is 0.125 e. The molecule has 2 rings (SSSR count). The first-order valence-electron chi connectivity index (χ1n) is 5.91. The van der Waals surface area contributed by atoms with Gasteiger partial charge in [-0.15, -0.1) is 0 Å². The Labute approximate surface area is 127 Å². The summed E-state index contributed by atoms with van der Waals surface area (Å²) in [6.45, 7) is 0. The van der Waals surface area contributed by atoms with Crippen LogP contribution in [0.5, 0.6) is 11.5 Å². The van der Waals surface area contributed by atoms with Gasteiger partial charge in [0.15, 0.2) is 0 Å². The van der Waals surface area contributed by atoms with Gasteiger partial charge in [-0.1, -0.05) is 29.3 Å². The molecule has 0 aliphatic heterocycles. The van der Waals surface area contributed by atoms with Crippen LogP contribution in [0.15, 0.2) is 36.4 Å². The van der Waals surface area contributed by atoms with Crippen molar-refractivity contribution >= 4 is 23.2 Å². The molecule has 0 fully saturated rings. The average Bonchev–Trinajstić information content (AvgIpc) is 2.48. The molecule has 0 spiro atoms. The third-order valence-electron chi connectivity index (χ3n) is 2.99. The van der Waals surface area contributed by atoms with Crippen molar-refractivity contribution in [3.63, 3.8) is 0 Å². The predicted molar refractivity (Wildman–Crippen MR) is 80.1 cm³/mol. The van der Waals surface area contributed by atoms with Crippen molar-refractivity contribution in [3.8, 4) is 11.5 Å². The van der Waals surface area contributed by atoms with Crippen LogP contribution in [-0.2, 0) is 0 Å². The van der Waals surface area contributed by atoms with E-state index in [1.54, 1.807) is 50.6 Å². The Morgan fingerprint density at radius 3 is 2.30 bits per heavy atom. The number of rotatable bonds is 4. The molecule has 0 saturated carbocycles. The maximum absolute atomic E-state index is 10.5. The summed E-state index contributed by atoms with van der Waals surface area (Å²) in [5.74, 6) is 1.21. The van der Waals surface area contributed by atoms with Crippen molar-refractivity contribution in [1.29, 1.82) is 0 Å². The van der Waals surface area contributed by atoms with Gasteiger partial charge in [-0.2, -0.15) is 0 Å². The Balaban J connectivity index is 2.45. The van der Waals surface area contributed by atoms with Crippen LogP contribution < -0.4 is 9.47 Å². The molecule has 0 amide bonds. The molecule has 0 aliphatic carbocycles. The van der Waals surface area contributed by atoms with Crippen molar-refractivity contribution in [2.45, 2.75) is 6.10 Å². The quantitative estimate of drug-likeness (QED) is 0.924. The Morgan fingerprint density at radius 1 is 0.950 bits per heavy atom. The third-order valence-corrected chi connectivity index (χ3v) is 3.73. The van der Waals surface area contributed by atoms with Crippen LogP contribution in [0.4, 0.5) is 0 Å². The zero-order valence-corrected chi connectivity index (χ0v) is 12.6. The number of aliphatic hydroxyl groups is 1. The van der Waals surface area contributed by atoms with Crippen molar-refractivity contribution in [2.24, 2.45) is 0 Å². The highest BCUT2D eigenvalue weighted by Crippen LogP contribution is 2.35. The van der Waals surface area contributed by atoms with Crippen LogP contribution in [0, 0.1) is 0 Å². The molecule has 0 heterocycles. The fourth-order valence-corrected chi connectivity index (χ4v) is 2.22. The molecule has 0 radical (unpaired) electrons. The summed E-state index contributed by atoms with van der Waals surface area (Å²) in [5.41, 5.74) is 1.23. The zero-order chi connectivity index (χ0) is 14.7. The number of methoxy groups -OCH3 is 2. The molecule has 2 aromatic carbocycles. The largest absolute Gasteiger partial charge is 0.497 e. The molecule has 0 saturated heterocycles. The van der Waals surface area contributed by atoms with Gasteiger partial charge in [0.25, 0.3) is 0 Å². The van der Waals surface area contributed by atoms with Gasteiger partial charge in [0.05, 0.1) is 24.3 Å². The summed E-state index contributed by atoms with van der Waals surface area (Å²) in [6, 6.07) is 10.2. The Kier molecular flexibility index (Phi) is 4.76. The molecule has 0 aromatic heterocycles. The van der Waals surface area contributed by atoms with E-state index < -0.39 is 6.10 Å². The number of aliphatic hydroxyl groups excluding tert-OH is 1. The lowest BCUT2D eigenvalue weighted by Gasteiger charge is -2.16. The maximum atomic E-state index is 10.5. The van der Waals surface area contributed by atoms with Crippen molar-refractivity contribution < 1.29 is 14.6 Å². The number of hydrogen-bond donors (Lipinski definition) is 1. The standard InChI is InChI=1S/C15H14Cl2O3/c1-19-10-4-6-14(20-2)11(8-10)15(18)9-3-5-12(16)13(17)7-9/h3-8,15,18H,1-2H3. The van der Waals surface area contributed by atoms with Gasteiger partial charge >= 0.3 is 0 Å². The Bertz CT molecular complexity index is 614. The number of benzene rings is 2. The number of hydrogen-bond acceptors (Lipinski definition) is 3. The molecule has 3 nitrogen and oxygen atoms in total. The fraction of sp³-hybridized carbons (Fsp3) is 0.200. The van der Waals surface area contributed by atoms with E-state index in [1.807, 2.05) is 0 Å². The van der Waals surface area contributed by atoms with Crippen LogP contribution in [0.2, 0.25) is 10.0 Å². The van der Waals surface area contributed by atoms with Gasteiger partial charge < -0.3 is 14.6 Å². The molecule has 2 aromatic rings. The van der Waals surface area contributed by atoms with Crippen molar-refractivity contribution in [3.05, 3.63) is 57.6 Å². The van der Waals surface area contributed by atoms with E-state index in [-0.39, 0.29) is 0 Å². The lowest BCUT2D eigenvalue weighted by molar-refractivity contribution is 0.214. The summed E-state index contributed by atoms with van der Waals surface area (Å²) in [4.78, 5) is 0. The minimum atomic E-state index is -0.880. The summed E-state index contributed by atoms with van der Waals surface area (Å²) in [6.07, 6.45) is -0.880. The van der Waals surface area contributed by atoms with Gasteiger partial charge in [0.2, 0.25) is 0 Å². The average molecular weight is 313 g/mol.